The molecule has 5 nitrogen and oxygen atoms in total. The molecular weight excluding hydrogens is 313 g/mol. The lowest BCUT2D eigenvalue weighted by Crippen LogP contribution is -2.28. The van der Waals surface area contributed by atoms with E-state index in [2.05, 4.69) is 5.32 Å². The van der Waals surface area contributed by atoms with Crippen molar-refractivity contribution in [1.82, 2.24) is 4.57 Å². The number of amides is 1. The van der Waals surface area contributed by atoms with E-state index in [4.69, 9.17) is 28.9 Å². The first-order valence-corrected chi connectivity index (χ1v) is 6.84. The number of nitrogens with one attached hydrogen (secondary N) is 1. The Morgan fingerprint density at radius 2 is 2.10 bits per heavy atom. The van der Waals surface area contributed by atoms with Crippen LogP contribution in [0.4, 0.5) is 11.4 Å². The minimum atomic E-state index is -0.404. The van der Waals surface area contributed by atoms with Gasteiger partial charge in [-0.2, -0.15) is 0 Å². The number of hydrogen-bond acceptors (Lipinski definition) is 3. The quantitative estimate of drug-likeness (QED) is 0.852. The van der Waals surface area contributed by atoms with Crippen LogP contribution < -0.4 is 16.6 Å². The third kappa shape index (κ3) is 3.56. The second-order valence-corrected chi connectivity index (χ2v) is 5.37. The highest BCUT2D eigenvalue weighted by molar-refractivity contribution is 6.37. The van der Waals surface area contributed by atoms with Crippen molar-refractivity contribution in [3.05, 3.63) is 56.4 Å². The number of benzene rings is 1. The van der Waals surface area contributed by atoms with Crippen molar-refractivity contribution in [3.8, 4) is 0 Å². The molecular formula is C14H13Cl2N3O2. The highest BCUT2D eigenvalue weighted by atomic mass is 35.5. The van der Waals surface area contributed by atoms with Gasteiger partial charge >= 0.3 is 0 Å². The molecule has 0 saturated heterocycles. The molecule has 0 unspecified atom stereocenters. The molecule has 0 spiro atoms. The van der Waals surface area contributed by atoms with Crippen molar-refractivity contribution in [1.29, 1.82) is 0 Å². The molecule has 0 fully saturated rings. The standard InChI is InChI=1S/C14H13Cl2N3O2/c1-8-3-2-4-19(14(8)21)7-12(20)18-13-10(16)5-9(15)6-11(13)17/h2-6H,7,17H2,1H3,(H,18,20). The van der Waals surface area contributed by atoms with Gasteiger partial charge in [-0.25, -0.2) is 0 Å². The van der Waals surface area contributed by atoms with E-state index in [-0.39, 0.29) is 28.5 Å². The van der Waals surface area contributed by atoms with Crippen LogP contribution in [-0.2, 0) is 11.3 Å². The van der Waals surface area contributed by atoms with Gasteiger partial charge < -0.3 is 15.6 Å². The number of pyridine rings is 1. The number of nitrogen functional groups attached to an aromatic ring is 1. The number of hydrogen-bond donors (Lipinski definition) is 2. The molecule has 2 aromatic rings. The molecule has 0 aliphatic heterocycles. The highest BCUT2D eigenvalue weighted by Gasteiger charge is 2.12. The monoisotopic (exact) mass is 325 g/mol. The van der Waals surface area contributed by atoms with E-state index in [0.717, 1.165) is 0 Å². The van der Waals surface area contributed by atoms with Crippen LogP contribution in [0.5, 0.6) is 0 Å². The molecule has 0 bridgehead atoms. The van der Waals surface area contributed by atoms with Crippen LogP contribution in [0.3, 0.4) is 0 Å². The van der Waals surface area contributed by atoms with Gasteiger partial charge in [-0.05, 0) is 25.1 Å². The number of aromatic nitrogens is 1. The van der Waals surface area contributed by atoms with Crippen molar-refractivity contribution < 1.29 is 4.79 Å². The lowest BCUT2D eigenvalue weighted by atomic mass is 10.2. The van der Waals surface area contributed by atoms with Crippen molar-refractivity contribution in [2.75, 3.05) is 11.1 Å². The molecule has 2 rings (SSSR count). The second-order valence-electron chi connectivity index (χ2n) is 4.52. The van der Waals surface area contributed by atoms with Crippen LogP contribution >= 0.6 is 23.2 Å². The maximum absolute atomic E-state index is 12.0. The molecule has 1 amide bonds. The normalized spacial score (nSPS) is 10.4. The Balaban J connectivity index is 2.20. The first kappa shape index (κ1) is 15.4. The summed E-state index contributed by atoms with van der Waals surface area (Å²) in [6.45, 7) is 1.56. The molecule has 110 valence electrons. The van der Waals surface area contributed by atoms with Gasteiger partial charge in [0, 0.05) is 16.8 Å². The number of nitrogens with zero attached hydrogens (tertiary/aromatic N) is 1. The van der Waals surface area contributed by atoms with E-state index < -0.39 is 5.91 Å². The second kappa shape index (κ2) is 6.20. The molecule has 7 heteroatoms. The minimum absolute atomic E-state index is 0.126. The number of anilines is 2. The van der Waals surface area contributed by atoms with Gasteiger partial charge in [-0.15, -0.1) is 0 Å². The molecule has 1 heterocycles. The van der Waals surface area contributed by atoms with E-state index in [1.165, 1.54) is 16.7 Å². The molecule has 0 radical (unpaired) electrons. The van der Waals surface area contributed by atoms with Crippen molar-refractivity contribution in [3.63, 3.8) is 0 Å². The topological polar surface area (TPSA) is 77.1 Å². The van der Waals surface area contributed by atoms with E-state index >= 15 is 0 Å². The van der Waals surface area contributed by atoms with E-state index in [0.29, 0.717) is 10.6 Å². The van der Waals surface area contributed by atoms with Crippen LogP contribution in [-0.4, -0.2) is 10.5 Å². The van der Waals surface area contributed by atoms with E-state index in [1.807, 2.05) is 0 Å². The minimum Gasteiger partial charge on any atom is -0.397 e. The average molecular weight is 326 g/mol. The number of carbonyl (C=O) groups excluding carboxylic acids is 1. The summed E-state index contributed by atoms with van der Waals surface area (Å²) in [6, 6.07) is 6.36. The zero-order chi connectivity index (χ0) is 15.6. The molecule has 21 heavy (non-hydrogen) atoms. The van der Waals surface area contributed by atoms with Crippen molar-refractivity contribution in [2.24, 2.45) is 0 Å². The Bertz CT molecular complexity index is 733. The largest absolute Gasteiger partial charge is 0.397 e. The lowest BCUT2D eigenvalue weighted by molar-refractivity contribution is -0.116. The van der Waals surface area contributed by atoms with E-state index in [9.17, 15) is 9.59 Å². The summed E-state index contributed by atoms with van der Waals surface area (Å²) < 4.78 is 1.31. The number of rotatable bonds is 3. The maximum atomic E-state index is 12.0. The zero-order valence-corrected chi connectivity index (χ0v) is 12.7. The van der Waals surface area contributed by atoms with Gasteiger partial charge in [-0.1, -0.05) is 29.3 Å². The van der Waals surface area contributed by atoms with Gasteiger partial charge in [0.2, 0.25) is 5.91 Å². The Kier molecular flexibility index (Phi) is 4.55. The first-order valence-electron chi connectivity index (χ1n) is 6.09. The summed E-state index contributed by atoms with van der Waals surface area (Å²) in [5.74, 6) is -0.404. The molecule has 1 aromatic carbocycles. The predicted octanol–water partition coefficient (Wildman–Crippen LogP) is 2.68. The predicted molar refractivity (Wildman–Crippen MR) is 84.9 cm³/mol. The van der Waals surface area contributed by atoms with Crippen LogP contribution in [0.25, 0.3) is 0 Å². The summed E-state index contributed by atoms with van der Waals surface area (Å²) in [6.07, 6.45) is 1.54. The molecule has 0 saturated carbocycles. The zero-order valence-electron chi connectivity index (χ0n) is 11.2. The molecule has 0 atom stereocenters. The number of carbonyl (C=O) groups is 1. The molecule has 0 aliphatic carbocycles. The number of halogens is 2. The highest BCUT2D eigenvalue weighted by Crippen LogP contribution is 2.31. The summed E-state index contributed by atoms with van der Waals surface area (Å²) in [4.78, 5) is 23.9. The summed E-state index contributed by atoms with van der Waals surface area (Å²) in [7, 11) is 0. The third-order valence-electron chi connectivity index (χ3n) is 2.87. The van der Waals surface area contributed by atoms with Gasteiger partial charge in [0.05, 0.1) is 16.4 Å². The lowest BCUT2D eigenvalue weighted by Gasteiger charge is -2.12. The van der Waals surface area contributed by atoms with Crippen LogP contribution in [0.1, 0.15) is 5.56 Å². The van der Waals surface area contributed by atoms with Gasteiger partial charge in [0.15, 0.2) is 0 Å². The smallest absolute Gasteiger partial charge is 0.253 e. The average Bonchev–Trinajstić information content (AvgIpc) is 2.39. The maximum Gasteiger partial charge on any atom is 0.253 e. The molecule has 0 aliphatic rings. The fourth-order valence-electron chi connectivity index (χ4n) is 1.84. The van der Waals surface area contributed by atoms with Crippen molar-refractivity contribution in [2.45, 2.75) is 13.5 Å². The Morgan fingerprint density at radius 3 is 2.76 bits per heavy atom. The first-order chi connectivity index (χ1) is 9.88. The third-order valence-corrected chi connectivity index (χ3v) is 3.39. The number of nitrogens with two attached hydrogens (primary N) is 1. The van der Waals surface area contributed by atoms with Crippen LogP contribution in [0.15, 0.2) is 35.3 Å². The van der Waals surface area contributed by atoms with Crippen molar-refractivity contribution >= 4 is 40.5 Å². The Labute approximate surface area is 131 Å². The van der Waals surface area contributed by atoms with Gasteiger partial charge in [0.1, 0.15) is 6.54 Å². The Hall–Kier alpha value is -1.98. The molecule has 3 N–H and O–H groups in total. The van der Waals surface area contributed by atoms with Gasteiger partial charge in [0.25, 0.3) is 5.56 Å². The summed E-state index contributed by atoms with van der Waals surface area (Å²) in [5.41, 5.74) is 6.66. The number of aryl methyl sites for hydroxylation is 1. The fourth-order valence-corrected chi connectivity index (χ4v) is 2.40. The molecule has 1 aromatic heterocycles. The summed E-state index contributed by atoms with van der Waals surface area (Å²) in [5, 5.41) is 3.21. The SMILES string of the molecule is Cc1cccn(CC(=O)Nc2c(N)cc(Cl)cc2Cl)c1=O. The fraction of sp³-hybridized carbons (Fsp3) is 0.143. The van der Waals surface area contributed by atoms with Gasteiger partial charge in [-0.3, -0.25) is 9.59 Å². The Morgan fingerprint density at radius 1 is 1.38 bits per heavy atom. The summed E-state index contributed by atoms with van der Waals surface area (Å²) >= 11 is 11.8. The van der Waals surface area contributed by atoms with E-state index in [1.54, 1.807) is 25.3 Å². The van der Waals surface area contributed by atoms with Crippen LogP contribution in [0.2, 0.25) is 10.0 Å². The van der Waals surface area contributed by atoms with Crippen LogP contribution in [0, 0.1) is 6.92 Å².